The third kappa shape index (κ3) is 2.53. The monoisotopic (exact) mass is 247 g/mol. The second-order valence-corrected chi connectivity index (χ2v) is 3.89. The van der Waals surface area contributed by atoms with Crippen molar-refractivity contribution in [2.45, 2.75) is 0 Å². The van der Waals surface area contributed by atoms with Gasteiger partial charge in [-0.2, -0.15) is 0 Å². The van der Waals surface area contributed by atoms with Crippen LogP contribution in [0.25, 0.3) is 11.1 Å². The molecule has 0 aliphatic rings. The maximum absolute atomic E-state index is 6.08. The summed E-state index contributed by atoms with van der Waals surface area (Å²) in [4.78, 5) is 0. The van der Waals surface area contributed by atoms with Gasteiger partial charge in [0.1, 0.15) is 11.5 Å². The van der Waals surface area contributed by atoms with Gasteiger partial charge in [0.25, 0.3) is 0 Å². The number of hydrogen-bond acceptors (Lipinski definition) is 2. The van der Waals surface area contributed by atoms with Crippen LogP contribution in [-0.4, -0.2) is 14.2 Å². The van der Waals surface area contributed by atoms with Gasteiger partial charge in [0.15, 0.2) is 0 Å². The van der Waals surface area contributed by atoms with Crippen molar-refractivity contribution in [1.82, 2.24) is 0 Å². The van der Waals surface area contributed by atoms with Gasteiger partial charge in [0.2, 0.25) is 0 Å². The Balaban J connectivity index is 2.42. The molecule has 0 fully saturated rings. The molecule has 87 valence electrons. The predicted octanol–water partition coefficient (Wildman–Crippen LogP) is 3.82. The number of ether oxygens (including phenoxy) is 2. The molecule has 0 unspecified atom stereocenters. The van der Waals surface area contributed by atoms with Crippen molar-refractivity contribution in [3.05, 3.63) is 47.5 Å². The lowest BCUT2D eigenvalue weighted by Crippen LogP contribution is -1.87. The van der Waals surface area contributed by atoms with Gasteiger partial charge in [-0.05, 0) is 29.3 Å². The summed E-state index contributed by atoms with van der Waals surface area (Å²) >= 11 is 6.08. The van der Waals surface area contributed by atoms with E-state index in [0.717, 1.165) is 11.1 Å². The molecule has 0 atom stereocenters. The Bertz CT molecular complexity index is 523. The number of halogens is 1. The molecule has 3 heteroatoms. The molecule has 0 saturated carbocycles. The van der Waals surface area contributed by atoms with Crippen LogP contribution in [0.15, 0.2) is 36.4 Å². The van der Waals surface area contributed by atoms with Crippen molar-refractivity contribution < 1.29 is 9.47 Å². The van der Waals surface area contributed by atoms with E-state index in [1.165, 1.54) is 0 Å². The SMILES string of the molecule is COc1[c]c(-c2ccc(OC)c(Cl)c2)ccc1. The first-order valence-corrected chi connectivity index (χ1v) is 5.52. The fourth-order valence-corrected chi connectivity index (χ4v) is 1.83. The molecule has 0 amide bonds. The highest BCUT2D eigenvalue weighted by molar-refractivity contribution is 6.32. The molecule has 0 bridgehead atoms. The van der Waals surface area contributed by atoms with E-state index in [1.807, 2.05) is 36.4 Å². The van der Waals surface area contributed by atoms with Crippen molar-refractivity contribution in [2.24, 2.45) is 0 Å². The summed E-state index contributed by atoms with van der Waals surface area (Å²) in [5.74, 6) is 1.37. The molecule has 0 spiro atoms. The van der Waals surface area contributed by atoms with Crippen molar-refractivity contribution in [1.29, 1.82) is 0 Å². The zero-order valence-electron chi connectivity index (χ0n) is 9.66. The first kappa shape index (κ1) is 11.8. The summed E-state index contributed by atoms with van der Waals surface area (Å²) in [5, 5.41) is 0.584. The van der Waals surface area contributed by atoms with Gasteiger partial charge in [-0.3, -0.25) is 0 Å². The molecule has 0 aromatic heterocycles. The topological polar surface area (TPSA) is 18.5 Å². The molecule has 0 saturated heterocycles. The molecule has 2 rings (SSSR count). The summed E-state index contributed by atoms with van der Waals surface area (Å²) in [6, 6.07) is 14.5. The molecule has 2 aromatic carbocycles. The minimum Gasteiger partial charge on any atom is -0.496 e. The lowest BCUT2D eigenvalue weighted by Gasteiger charge is -2.07. The van der Waals surface area contributed by atoms with Crippen molar-refractivity contribution in [2.75, 3.05) is 14.2 Å². The van der Waals surface area contributed by atoms with Gasteiger partial charge in [0, 0.05) is 6.07 Å². The summed E-state index contributed by atoms with van der Waals surface area (Å²) in [5.41, 5.74) is 1.92. The Hall–Kier alpha value is -1.67. The third-order valence-electron chi connectivity index (χ3n) is 2.45. The largest absolute Gasteiger partial charge is 0.496 e. The molecule has 2 nitrogen and oxygen atoms in total. The Morgan fingerprint density at radius 1 is 1.06 bits per heavy atom. The van der Waals surface area contributed by atoms with E-state index >= 15 is 0 Å². The first-order chi connectivity index (χ1) is 8.24. The number of rotatable bonds is 3. The van der Waals surface area contributed by atoms with E-state index in [1.54, 1.807) is 14.2 Å². The van der Waals surface area contributed by atoms with Crippen LogP contribution < -0.4 is 9.47 Å². The van der Waals surface area contributed by atoms with E-state index in [0.29, 0.717) is 16.5 Å². The third-order valence-corrected chi connectivity index (χ3v) is 2.75. The van der Waals surface area contributed by atoms with E-state index in [2.05, 4.69) is 6.07 Å². The maximum atomic E-state index is 6.08. The zero-order chi connectivity index (χ0) is 12.3. The van der Waals surface area contributed by atoms with Gasteiger partial charge in [0.05, 0.1) is 19.2 Å². The highest BCUT2D eigenvalue weighted by Crippen LogP contribution is 2.31. The molecule has 2 aromatic rings. The standard InChI is InChI=1S/C14H12ClO2/c1-16-12-5-3-4-10(8-12)11-6-7-14(17-2)13(15)9-11/h3-7,9H,1-2H3. The summed E-state index contributed by atoms with van der Waals surface area (Å²) in [7, 11) is 3.22. The van der Waals surface area contributed by atoms with Crippen LogP contribution in [0.3, 0.4) is 0 Å². The average Bonchev–Trinajstić information content (AvgIpc) is 2.38. The minimum atomic E-state index is 0.584. The molecule has 1 radical (unpaired) electrons. The van der Waals surface area contributed by atoms with Gasteiger partial charge in [-0.25, -0.2) is 0 Å². The van der Waals surface area contributed by atoms with E-state index in [9.17, 15) is 0 Å². The Morgan fingerprint density at radius 2 is 1.88 bits per heavy atom. The highest BCUT2D eigenvalue weighted by atomic mass is 35.5. The first-order valence-electron chi connectivity index (χ1n) is 5.15. The number of methoxy groups -OCH3 is 2. The van der Waals surface area contributed by atoms with E-state index < -0.39 is 0 Å². The molecular weight excluding hydrogens is 236 g/mol. The summed E-state index contributed by atoms with van der Waals surface area (Å²) in [6.07, 6.45) is 0. The molecule has 0 aliphatic heterocycles. The summed E-state index contributed by atoms with van der Waals surface area (Å²) < 4.78 is 10.3. The van der Waals surface area contributed by atoms with E-state index in [-0.39, 0.29) is 0 Å². The normalized spacial score (nSPS) is 10.1. The van der Waals surface area contributed by atoms with Crippen LogP contribution in [0, 0.1) is 6.07 Å². The second-order valence-electron chi connectivity index (χ2n) is 3.48. The highest BCUT2D eigenvalue weighted by Gasteiger charge is 2.04. The smallest absolute Gasteiger partial charge is 0.137 e. The van der Waals surface area contributed by atoms with Crippen LogP contribution in [0.1, 0.15) is 0 Å². The van der Waals surface area contributed by atoms with Gasteiger partial charge in [-0.1, -0.05) is 29.8 Å². The number of benzene rings is 2. The maximum Gasteiger partial charge on any atom is 0.137 e. The summed E-state index contributed by atoms with van der Waals surface area (Å²) in [6.45, 7) is 0. The molecule has 17 heavy (non-hydrogen) atoms. The minimum absolute atomic E-state index is 0.584. The van der Waals surface area contributed by atoms with Crippen LogP contribution in [0.5, 0.6) is 11.5 Å². The van der Waals surface area contributed by atoms with Gasteiger partial charge in [-0.15, -0.1) is 0 Å². The quantitative estimate of drug-likeness (QED) is 0.821. The lowest BCUT2D eigenvalue weighted by molar-refractivity contribution is 0.414. The molecule has 0 N–H and O–H groups in total. The Kier molecular flexibility index (Phi) is 3.55. The fraction of sp³-hybridized carbons (Fsp3) is 0.143. The average molecular weight is 248 g/mol. The second kappa shape index (κ2) is 5.11. The lowest BCUT2D eigenvalue weighted by atomic mass is 10.1. The fourth-order valence-electron chi connectivity index (χ4n) is 1.57. The Labute approximate surface area is 106 Å². The van der Waals surface area contributed by atoms with E-state index in [4.69, 9.17) is 21.1 Å². The molecular formula is C14H12ClO2. The van der Waals surface area contributed by atoms with Crippen molar-refractivity contribution in [3.63, 3.8) is 0 Å². The predicted molar refractivity (Wildman–Crippen MR) is 68.8 cm³/mol. The van der Waals surface area contributed by atoms with Crippen LogP contribution in [0.2, 0.25) is 5.02 Å². The van der Waals surface area contributed by atoms with Crippen LogP contribution >= 0.6 is 11.6 Å². The van der Waals surface area contributed by atoms with Crippen LogP contribution in [-0.2, 0) is 0 Å². The zero-order valence-corrected chi connectivity index (χ0v) is 10.4. The van der Waals surface area contributed by atoms with Crippen molar-refractivity contribution in [3.8, 4) is 22.6 Å². The van der Waals surface area contributed by atoms with Gasteiger partial charge >= 0.3 is 0 Å². The molecule has 0 aliphatic carbocycles. The number of hydrogen-bond donors (Lipinski definition) is 0. The van der Waals surface area contributed by atoms with Crippen LogP contribution in [0.4, 0.5) is 0 Å². The van der Waals surface area contributed by atoms with Crippen molar-refractivity contribution >= 4 is 11.6 Å². The van der Waals surface area contributed by atoms with Gasteiger partial charge < -0.3 is 9.47 Å². The molecule has 0 heterocycles. The Morgan fingerprint density at radius 3 is 2.53 bits per heavy atom.